The van der Waals surface area contributed by atoms with Crippen molar-refractivity contribution in [2.75, 3.05) is 19.6 Å². The molecule has 0 amide bonds. The Morgan fingerprint density at radius 2 is 2.05 bits per heavy atom. The second kappa shape index (κ2) is 8.55. The normalized spacial score (nSPS) is 31.3. The molecule has 3 unspecified atom stereocenters. The minimum absolute atomic E-state index is 0.654. The van der Waals surface area contributed by atoms with Crippen molar-refractivity contribution in [2.45, 2.75) is 71.4 Å². The van der Waals surface area contributed by atoms with Gasteiger partial charge >= 0.3 is 0 Å². The van der Waals surface area contributed by atoms with Gasteiger partial charge in [0.25, 0.3) is 0 Å². The van der Waals surface area contributed by atoms with E-state index in [2.05, 4.69) is 31.0 Å². The molecule has 1 aliphatic carbocycles. The van der Waals surface area contributed by atoms with Crippen molar-refractivity contribution >= 4 is 11.6 Å². The Hall–Kier alpha value is -0.0500. The van der Waals surface area contributed by atoms with E-state index in [1.807, 2.05) is 0 Å². The van der Waals surface area contributed by atoms with Gasteiger partial charge in [-0.05, 0) is 37.2 Å². The van der Waals surface area contributed by atoms with Crippen molar-refractivity contribution < 1.29 is 0 Å². The molecule has 2 nitrogen and oxygen atoms in total. The van der Waals surface area contributed by atoms with E-state index >= 15 is 0 Å². The minimum atomic E-state index is 0.654. The van der Waals surface area contributed by atoms with Crippen LogP contribution in [0.4, 0.5) is 0 Å². The quantitative estimate of drug-likeness (QED) is 0.809. The molecule has 0 aromatic heterocycles. The molecule has 1 N–H and O–H groups in total. The van der Waals surface area contributed by atoms with Crippen molar-refractivity contribution in [1.82, 2.24) is 10.2 Å². The summed E-state index contributed by atoms with van der Waals surface area (Å²) in [6, 6.07) is 1.34. The first-order valence-corrected chi connectivity index (χ1v) is 9.32. The third-order valence-corrected chi connectivity index (χ3v) is 6.02. The molecule has 2 rings (SSSR count). The summed E-state index contributed by atoms with van der Waals surface area (Å²) in [5, 5.41) is 3.88. The number of rotatable bonds is 5. The number of piperazine rings is 1. The van der Waals surface area contributed by atoms with Gasteiger partial charge in [0.15, 0.2) is 0 Å². The highest BCUT2D eigenvalue weighted by Crippen LogP contribution is 2.30. The van der Waals surface area contributed by atoms with Crippen LogP contribution < -0.4 is 5.32 Å². The number of nitrogens with zero attached hydrogens (tertiary/aromatic N) is 1. The maximum atomic E-state index is 5.91. The molecule has 1 heterocycles. The molecule has 122 valence electrons. The molecule has 1 aliphatic heterocycles. The Bertz CT molecular complexity index is 336. The molecule has 2 aliphatic rings. The Morgan fingerprint density at radius 1 is 1.33 bits per heavy atom. The van der Waals surface area contributed by atoms with Crippen LogP contribution in [0.5, 0.6) is 0 Å². The number of halogens is 1. The lowest BCUT2D eigenvalue weighted by molar-refractivity contribution is 0.0747. The molecule has 0 spiro atoms. The Kier molecular flexibility index (Phi) is 7.04. The van der Waals surface area contributed by atoms with Gasteiger partial charge in [-0.2, -0.15) is 0 Å². The summed E-state index contributed by atoms with van der Waals surface area (Å²) in [5.41, 5.74) is 3.04. The van der Waals surface area contributed by atoms with Crippen molar-refractivity contribution in [3.63, 3.8) is 0 Å². The zero-order valence-electron chi connectivity index (χ0n) is 14.1. The van der Waals surface area contributed by atoms with E-state index in [9.17, 15) is 0 Å². The molecule has 1 saturated heterocycles. The Morgan fingerprint density at radius 3 is 2.67 bits per heavy atom. The van der Waals surface area contributed by atoms with Crippen LogP contribution in [0.25, 0.3) is 0 Å². The smallest absolute Gasteiger partial charge is 0.0250 e. The summed E-state index contributed by atoms with van der Waals surface area (Å²) >= 11 is 5.91. The van der Waals surface area contributed by atoms with Crippen molar-refractivity contribution in [3.05, 3.63) is 11.1 Å². The lowest BCUT2D eigenvalue weighted by Gasteiger charge is -2.46. The van der Waals surface area contributed by atoms with Crippen LogP contribution >= 0.6 is 11.6 Å². The van der Waals surface area contributed by atoms with E-state index in [1.165, 1.54) is 50.6 Å². The third kappa shape index (κ3) is 4.71. The van der Waals surface area contributed by atoms with Gasteiger partial charge in [-0.15, -0.1) is 0 Å². The first kappa shape index (κ1) is 17.3. The zero-order chi connectivity index (χ0) is 15.2. The lowest BCUT2D eigenvalue weighted by atomic mass is 9.81. The summed E-state index contributed by atoms with van der Waals surface area (Å²) in [7, 11) is 0. The molecule has 2 fully saturated rings. The SMILES string of the molecule is CCC(C)C1CNC(C2CCCCC2)CN1CC(C)=CCl. The lowest BCUT2D eigenvalue weighted by Crippen LogP contribution is -2.60. The molecule has 1 saturated carbocycles. The standard InChI is InChI=1S/C18H33ClN2/c1-4-15(3)18-11-20-17(16-8-6-5-7-9-16)13-21(18)12-14(2)10-19/h10,15-18,20H,4-9,11-13H2,1-3H3. The average molecular weight is 313 g/mol. The zero-order valence-corrected chi connectivity index (χ0v) is 14.8. The molecule has 21 heavy (non-hydrogen) atoms. The van der Waals surface area contributed by atoms with Gasteiger partial charge in [0, 0.05) is 37.3 Å². The van der Waals surface area contributed by atoms with Crippen molar-refractivity contribution in [3.8, 4) is 0 Å². The van der Waals surface area contributed by atoms with Crippen LogP contribution in [-0.2, 0) is 0 Å². The predicted molar refractivity (Wildman–Crippen MR) is 92.8 cm³/mol. The summed E-state index contributed by atoms with van der Waals surface area (Å²) in [4.78, 5) is 2.69. The highest BCUT2D eigenvalue weighted by molar-refractivity contribution is 6.25. The number of hydrogen-bond acceptors (Lipinski definition) is 2. The van der Waals surface area contributed by atoms with E-state index in [4.69, 9.17) is 11.6 Å². The minimum Gasteiger partial charge on any atom is -0.311 e. The fourth-order valence-corrected chi connectivity index (χ4v) is 4.14. The first-order valence-electron chi connectivity index (χ1n) is 8.89. The fourth-order valence-electron chi connectivity index (χ4n) is 4.08. The largest absolute Gasteiger partial charge is 0.311 e. The van der Waals surface area contributed by atoms with Crippen LogP contribution in [-0.4, -0.2) is 36.6 Å². The third-order valence-electron chi connectivity index (χ3n) is 5.65. The summed E-state index contributed by atoms with van der Waals surface area (Å²) in [5.74, 6) is 1.63. The van der Waals surface area contributed by atoms with E-state index in [0.29, 0.717) is 12.1 Å². The Labute approximate surface area is 136 Å². The maximum absolute atomic E-state index is 5.91. The van der Waals surface area contributed by atoms with E-state index in [1.54, 1.807) is 5.54 Å². The van der Waals surface area contributed by atoms with Crippen LogP contribution in [0.15, 0.2) is 11.1 Å². The van der Waals surface area contributed by atoms with Crippen LogP contribution in [0.1, 0.15) is 59.3 Å². The van der Waals surface area contributed by atoms with Crippen LogP contribution in [0.2, 0.25) is 0 Å². The molecule has 0 aromatic carbocycles. The predicted octanol–water partition coefficient (Wildman–Crippen LogP) is 4.40. The van der Waals surface area contributed by atoms with Gasteiger partial charge in [-0.25, -0.2) is 0 Å². The van der Waals surface area contributed by atoms with Crippen molar-refractivity contribution in [2.24, 2.45) is 11.8 Å². The molecular formula is C18H33ClN2. The monoisotopic (exact) mass is 312 g/mol. The first-order chi connectivity index (χ1) is 10.2. The average Bonchev–Trinajstić information content (AvgIpc) is 2.54. The van der Waals surface area contributed by atoms with Gasteiger partial charge in [0.2, 0.25) is 0 Å². The summed E-state index contributed by atoms with van der Waals surface area (Å²) < 4.78 is 0. The molecule has 0 bridgehead atoms. The van der Waals surface area contributed by atoms with Gasteiger partial charge in [0.05, 0.1) is 0 Å². The summed E-state index contributed by atoms with van der Waals surface area (Å²) in [6.45, 7) is 10.2. The molecule has 0 radical (unpaired) electrons. The highest BCUT2D eigenvalue weighted by Gasteiger charge is 2.34. The van der Waals surface area contributed by atoms with Crippen molar-refractivity contribution in [1.29, 1.82) is 0 Å². The summed E-state index contributed by atoms with van der Waals surface area (Å²) in [6.07, 6.45) is 8.39. The second-order valence-corrected chi connectivity index (χ2v) is 7.47. The Balaban J connectivity index is 2.00. The van der Waals surface area contributed by atoms with Gasteiger partial charge in [-0.3, -0.25) is 4.90 Å². The number of hydrogen-bond donors (Lipinski definition) is 1. The van der Waals surface area contributed by atoms with Crippen LogP contribution in [0, 0.1) is 11.8 Å². The second-order valence-electron chi connectivity index (χ2n) is 7.25. The van der Waals surface area contributed by atoms with E-state index in [-0.39, 0.29) is 0 Å². The van der Waals surface area contributed by atoms with Crippen LogP contribution in [0.3, 0.4) is 0 Å². The molecule has 3 heteroatoms. The van der Waals surface area contributed by atoms with Gasteiger partial charge in [0.1, 0.15) is 0 Å². The number of nitrogens with one attached hydrogen (secondary N) is 1. The van der Waals surface area contributed by atoms with E-state index < -0.39 is 0 Å². The molecule has 3 atom stereocenters. The van der Waals surface area contributed by atoms with Gasteiger partial charge < -0.3 is 5.32 Å². The van der Waals surface area contributed by atoms with E-state index in [0.717, 1.165) is 24.9 Å². The topological polar surface area (TPSA) is 15.3 Å². The highest BCUT2D eigenvalue weighted by atomic mass is 35.5. The molecule has 0 aromatic rings. The maximum Gasteiger partial charge on any atom is 0.0250 e. The molecular weight excluding hydrogens is 280 g/mol. The fraction of sp³-hybridized carbons (Fsp3) is 0.889. The van der Waals surface area contributed by atoms with Gasteiger partial charge in [-0.1, -0.05) is 51.1 Å².